The van der Waals surface area contributed by atoms with Gasteiger partial charge in [-0.2, -0.15) is 16.9 Å². The first kappa shape index (κ1) is 14.7. The SMILES string of the molecule is Cc1nn(C)cc1NC(=O)N1CCSCC1CC(=O)O. The second-order valence-corrected chi connectivity index (χ2v) is 5.90. The summed E-state index contributed by atoms with van der Waals surface area (Å²) < 4.78 is 1.63. The maximum absolute atomic E-state index is 12.3. The van der Waals surface area contributed by atoms with Gasteiger partial charge in [-0.05, 0) is 6.92 Å². The average molecular weight is 298 g/mol. The minimum Gasteiger partial charge on any atom is -0.481 e. The largest absolute Gasteiger partial charge is 0.481 e. The maximum Gasteiger partial charge on any atom is 0.322 e. The average Bonchev–Trinajstić information content (AvgIpc) is 2.67. The van der Waals surface area contributed by atoms with Crippen molar-refractivity contribution in [3.8, 4) is 0 Å². The van der Waals surface area contributed by atoms with Gasteiger partial charge in [-0.25, -0.2) is 4.79 Å². The lowest BCUT2D eigenvalue weighted by Crippen LogP contribution is -2.48. The summed E-state index contributed by atoms with van der Waals surface area (Å²) in [5.74, 6) is 0.606. The van der Waals surface area contributed by atoms with Gasteiger partial charge in [0.05, 0.1) is 23.8 Å². The molecule has 20 heavy (non-hydrogen) atoms. The molecule has 1 aromatic rings. The van der Waals surface area contributed by atoms with Crippen molar-refractivity contribution in [1.29, 1.82) is 0 Å². The Kier molecular flexibility index (Phi) is 4.53. The van der Waals surface area contributed by atoms with Crippen LogP contribution in [0.1, 0.15) is 12.1 Å². The van der Waals surface area contributed by atoms with Crippen LogP contribution in [0.3, 0.4) is 0 Å². The van der Waals surface area contributed by atoms with Crippen LogP contribution in [0.5, 0.6) is 0 Å². The van der Waals surface area contributed by atoms with Crippen molar-refractivity contribution in [3.05, 3.63) is 11.9 Å². The number of hydrogen-bond donors (Lipinski definition) is 2. The third-order valence-electron chi connectivity index (χ3n) is 3.15. The first-order valence-corrected chi connectivity index (χ1v) is 7.50. The number of nitrogens with zero attached hydrogens (tertiary/aromatic N) is 3. The number of nitrogens with one attached hydrogen (secondary N) is 1. The maximum atomic E-state index is 12.3. The first-order valence-electron chi connectivity index (χ1n) is 6.34. The molecule has 2 amide bonds. The second-order valence-electron chi connectivity index (χ2n) is 4.75. The number of carbonyl (C=O) groups is 2. The molecule has 0 spiro atoms. The number of hydrogen-bond acceptors (Lipinski definition) is 4. The van der Waals surface area contributed by atoms with Crippen molar-refractivity contribution in [2.75, 3.05) is 23.4 Å². The Morgan fingerprint density at radius 1 is 1.60 bits per heavy atom. The van der Waals surface area contributed by atoms with Gasteiger partial charge in [0.25, 0.3) is 0 Å². The molecule has 1 fully saturated rings. The van der Waals surface area contributed by atoms with Gasteiger partial charge in [-0.3, -0.25) is 9.48 Å². The van der Waals surface area contributed by atoms with Gasteiger partial charge in [0.15, 0.2) is 0 Å². The molecule has 110 valence electrons. The van der Waals surface area contributed by atoms with Crippen LogP contribution in [0.15, 0.2) is 6.20 Å². The van der Waals surface area contributed by atoms with Gasteiger partial charge in [-0.15, -0.1) is 0 Å². The van der Waals surface area contributed by atoms with Gasteiger partial charge in [0.2, 0.25) is 0 Å². The first-order chi connectivity index (χ1) is 9.47. The van der Waals surface area contributed by atoms with Gasteiger partial charge in [-0.1, -0.05) is 0 Å². The van der Waals surface area contributed by atoms with Crippen LogP contribution in [0.25, 0.3) is 0 Å². The number of urea groups is 1. The Morgan fingerprint density at radius 2 is 2.35 bits per heavy atom. The van der Waals surface area contributed by atoms with Crippen LogP contribution in [0.2, 0.25) is 0 Å². The van der Waals surface area contributed by atoms with Crippen LogP contribution in [-0.2, 0) is 11.8 Å². The third kappa shape index (κ3) is 3.44. The molecule has 0 saturated carbocycles. The van der Waals surface area contributed by atoms with E-state index in [0.717, 1.165) is 11.4 Å². The Hall–Kier alpha value is -1.70. The smallest absolute Gasteiger partial charge is 0.322 e. The van der Waals surface area contributed by atoms with Gasteiger partial charge in [0, 0.05) is 31.3 Å². The molecule has 0 bridgehead atoms. The molecule has 1 saturated heterocycles. The fourth-order valence-electron chi connectivity index (χ4n) is 2.20. The minimum absolute atomic E-state index is 0.0214. The molecule has 1 unspecified atom stereocenters. The van der Waals surface area contributed by atoms with E-state index >= 15 is 0 Å². The van der Waals surface area contributed by atoms with E-state index in [-0.39, 0.29) is 18.5 Å². The van der Waals surface area contributed by atoms with Gasteiger partial charge < -0.3 is 15.3 Å². The summed E-state index contributed by atoms with van der Waals surface area (Å²) in [6, 6.07) is -0.518. The lowest BCUT2D eigenvalue weighted by molar-refractivity contribution is -0.137. The molecule has 0 aliphatic carbocycles. The lowest BCUT2D eigenvalue weighted by Gasteiger charge is -2.34. The molecule has 8 heteroatoms. The van der Waals surface area contributed by atoms with E-state index in [4.69, 9.17) is 5.11 Å². The summed E-state index contributed by atoms with van der Waals surface area (Å²) in [5, 5.41) is 15.9. The van der Waals surface area contributed by atoms with Crippen LogP contribution >= 0.6 is 11.8 Å². The monoisotopic (exact) mass is 298 g/mol. The quantitative estimate of drug-likeness (QED) is 0.874. The van der Waals surface area contributed by atoms with E-state index in [1.807, 2.05) is 6.92 Å². The molecule has 2 heterocycles. The topological polar surface area (TPSA) is 87.5 Å². The molecular formula is C12H18N4O3S. The number of amides is 2. The van der Waals surface area contributed by atoms with Crippen LogP contribution in [0.4, 0.5) is 10.5 Å². The number of aliphatic carboxylic acids is 1. The van der Waals surface area contributed by atoms with E-state index in [0.29, 0.717) is 18.0 Å². The summed E-state index contributed by atoms with van der Waals surface area (Å²) in [5.41, 5.74) is 1.40. The van der Waals surface area contributed by atoms with Crippen molar-refractivity contribution in [2.45, 2.75) is 19.4 Å². The molecule has 2 rings (SSSR count). The Labute approximate surface area is 121 Å². The third-order valence-corrected chi connectivity index (χ3v) is 4.25. The number of aromatic nitrogens is 2. The number of carboxylic acids is 1. The molecule has 0 radical (unpaired) electrons. The van der Waals surface area contributed by atoms with Crippen LogP contribution < -0.4 is 5.32 Å². The van der Waals surface area contributed by atoms with E-state index in [2.05, 4.69) is 10.4 Å². The van der Waals surface area contributed by atoms with Gasteiger partial charge in [0.1, 0.15) is 0 Å². The number of carbonyl (C=O) groups excluding carboxylic acids is 1. The Bertz CT molecular complexity index is 517. The summed E-state index contributed by atoms with van der Waals surface area (Å²) in [6.45, 7) is 2.38. The zero-order valence-electron chi connectivity index (χ0n) is 11.5. The zero-order valence-corrected chi connectivity index (χ0v) is 12.3. The second kappa shape index (κ2) is 6.17. The standard InChI is InChI=1S/C12H18N4O3S/c1-8-10(6-15(2)14-8)13-12(19)16-3-4-20-7-9(16)5-11(17)18/h6,9H,3-5,7H2,1-2H3,(H,13,19)(H,17,18). The number of rotatable bonds is 3. The summed E-state index contributed by atoms with van der Waals surface area (Å²) >= 11 is 1.68. The Morgan fingerprint density at radius 3 is 2.95 bits per heavy atom. The summed E-state index contributed by atoms with van der Waals surface area (Å²) in [4.78, 5) is 24.8. The highest BCUT2D eigenvalue weighted by Crippen LogP contribution is 2.21. The van der Waals surface area contributed by atoms with E-state index < -0.39 is 5.97 Å². The highest BCUT2D eigenvalue weighted by atomic mass is 32.2. The normalized spacial score (nSPS) is 18.9. The molecule has 1 aromatic heterocycles. The molecule has 0 aromatic carbocycles. The molecular weight excluding hydrogens is 280 g/mol. The van der Waals surface area contributed by atoms with E-state index in [1.165, 1.54) is 0 Å². The van der Waals surface area contributed by atoms with Crippen molar-refractivity contribution in [2.24, 2.45) is 7.05 Å². The van der Waals surface area contributed by atoms with Gasteiger partial charge >= 0.3 is 12.0 Å². The Balaban J connectivity index is 2.05. The predicted octanol–water partition coefficient (Wildman–Crippen LogP) is 1.15. The molecule has 7 nitrogen and oxygen atoms in total. The van der Waals surface area contributed by atoms with Crippen molar-refractivity contribution >= 4 is 29.4 Å². The molecule has 1 aliphatic heterocycles. The van der Waals surface area contributed by atoms with Crippen LogP contribution in [0, 0.1) is 6.92 Å². The van der Waals surface area contributed by atoms with E-state index in [9.17, 15) is 9.59 Å². The number of carboxylic acid groups (broad SMARTS) is 1. The highest BCUT2D eigenvalue weighted by molar-refractivity contribution is 7.99. The molecule has 1 atom stereocenters. The fraction of sp³-hybridized carbons (Fsp3) is 0.583. The number of thioether (sulfide) groups is 1. The molecule has 2 N–H and O–H groups in total. The van der Waals surface area contributed by atoms with Crippen molar-refractivity contribution in [3.63, 3.8) is 0 Å². The lowest BCUT2D eigenvalue weighted by atomic mass is 10.2. The zero-order chi connectivity index (χ0) is 14.7. The minimum atomic E-state index is -0.882. The summed E-state index contributed by atoms with van der Waals surface area (Å²) in [6.07, 6.45) is 1.71. The number of aryl methyl sites for hydroxylation is 2. The molecule has 1 aliphatic rings. The van der Waals surface area contributed by atoms with Crippen molar-refractivity contribution < 1.29 is 14.7 Å². The van der Waals surface area contributed by atoms with Crippen molar-refractivity contribution in [1.82, 2.24) is 14.7 Å². The van der Waals surface area contributed by atoms with E-state index in [1.54, 1.807) is 34.6 Å². The fourth-order valence-corrected chi connectivity index (χ4v) is 3.26. The summed E-state index contributed by atoms with van der Waals surface area (Å²) in [7, 11) is 1.79. The van der Waals surface area contributed by atoms with Crippen LogP contribution in [-0.4, -0.2) is 55.9 Å². The number of anilines is 1. The predicted molar refractivity (Wildman–Crippen MR) is 77.0 cm³/mol. The highest BCUT2D eigenvalue weighted by Gasteiger charge is 2.29.